The zero-order valence-corrected chi connectivity index (χ0v) is 10.5. The van der Waals surface area contributed by atoms with Gasteiger partial charge in [-0.2, -0.15) is 0 Å². The maximum Gasteiger partial charge on any atom is 0.0807 e. The molecule has 1 N–H and O–H groups in total. The summed E-state index contributed by atoms with van der Waals surface area (Å²) in [6, 6.07) is 2.83. The lowest BCUT2D eigenvalue weighted by molar-refractivity contribution is 0.155. The Morgan fingerprint density at radius 1 is 1.29 bits per heavy atom. The predicted octanol–water partition coefficient (Wildman–Crippen LogP) is 3.45. The van der Waals surface area contributed by atoms with Crippen LogP contribution in [0.25, 0.3) is 0 Å². The van der Waals surface area contributed by atoms with E-state index in [4.69, 9.17) is 0 Å². The fourth-order valence-electron chi connectivity index (χ4n) is 3.42. The highest BCUT2D eigenvalue weighted by atomic mass is 16.3. The van der Waals surface area contributed by atoms with Gasteiger partial charge in [0.2, 0.25) is 0 Å². The van der Waals surface area contributed by atoms with Crippen molar-refractivity contribution in [3.63, 3.8) is 0 Å². The Morgan fingerprint density at radius 2 is 2.18 bits per heavy atom. The van der Waals surface area contributed by atoms with Crippen molar-refractivity contribution in [1.82, 2.24) is 4.57 Å². The summed E-state index contributed by atoms with van der Waals surface area (Å²) in [5, 5.41) is 10.1. The van der Waals surface area contributed by atoms with Crippen LogP contribution in [0.3, 0.4) is 0 Å². The van der Waals surface area contributed by atoms with Gasteiger partial charge in [-0.25, -0.2) is 0 Å². The van der Waals surface area contributed by atoms with Gasteiger partial charge in [0, 0.05) is 23.0 Å². The van der Waals surface area contributed by atoms with Crippen LogP contribution in [0.1, 0.15) is 61.2 Å². The number of rotatable bonds is 1. The highest BCUT2D eigenvalue weighted by Gasteiger charge is 2.26. The summed E-state index contributed by atoms with van der Waals surface area (Å²) in [5.74, 6) is 0. The molecule has 2 aliphatic rings. The molecule has 1 heterocycles. The third-order valence-corrected chi connectivity index (χ3v) is 4.23. The van der Waals surface area contributed by atoms with Gasteiger partial charge in [0.05, 0.1) is 6.10 Å². The summed E-state index contributed by atoms with van der Waals surface area (Å²) in [4.78, 5) is 0. The van der Waals surface area contributed by atoms with Crippen LogP contribution < -0.4 is 0 Å². The number of fused-ring (bicyclic) bond motifs is 1. The number of hydrogen-bond acceptors (Lipinski definition) is 1. The van der Waals surface area contributed by atoms with E-state index in [-0.39, 0.29) is 6.10 Å². The second-order valence-electron chi connectivity index (χ2n) is 5.40. The number of aliphatic hydroxyl groups is 1. The molecular weight excluding hydrogens is 210 g/mol. The van der Waals surface area contributed by atoms with Crippen LogP contribution in [-0.2, 0) is 6.42 Å². The third-order valence-electron chi connectivity index (χ3n) is 4.23. The summed E-state index contributed by atoms with van der Waals surface area (Å²) in [6.07, 6.45) is 11.2. The monoisotopic (exact) mass is 231 g/mol. The van der Waals surface area contributed by atoms with Gasteiger partial charge in [0.25, 0.3) is 0 Å². The molecule has 0 amide bonds. The van der Waals surface area contributed by atoms with Crippen LogP contribution in [0, 0.1) is 6.92 Å². The molecule has 0 fully saturated rings. The Bertz CT molecular complexity index is 444. The lowest BCUT2D eigenvalue weighted by Crippen LogP contribution is -2.18. The van der Waals surface area contributed by atoms with E-state index < -0.39 is 0 Å². The number of nitrogens with zero attached hydrogens (tertiary/aromatic N) is 1. The van der Waals surface area contributed by atoms with Gasteiger partial charge in [-0.1, -0.05) is 12.2 Å². The van der Waals surface area contributed by atoms with E-state index in [0.717, 1.165) is 25.7 Å². The minimum absolute atomic E-state index is 0.224. The topological polar surface area (TPSA) is 25.2 Å². The van der Waals surface area contributed by atoms with Crippen molar-refractivity contribution in [2.45, 2.75) is 57.6 Å². The lowest BCUT2D eigenvalue weighted by Gasteiger charge is -2.27. The Kier molecular flexibility index (Phi) is 2.83. The molecule has 92 valence electrons. The third kappa shape index (κ3) is 1.85. The normalized spacial score (nSPS) is 28.1. The van der Waals surface area contributed by atoms with Crippen LogP contribution in [0.2, 0.25) is 0 Å². The molecule has 1 aromatic heterocycles. The molecule has 2 unspecified atom stereocenters. The van der Waals surface area contributed by atoms with Crippen molar-refractivity contribution in [3.05, 3.63) is 35.2 Å². The molecule has 2 aliphatic carbocycles. The van der Waals surface area contributed by atoms with E-state index in [2.05, 4.69) is 29.7 Å². The number of allylic oxidation sites excluding steroid dienone is 2. The van der Waals surface area contributed by atoms with Gasteiger partial charge in [0.1, 0.15) is 0 Å². The summed E-state index contributed by atoms with van der Waals surface area (Å²) >= 11 is 0. The van der Waals surface area contributed by atoms with E-state index in [1.165, 1.54) is 29.8 Å². The quantitative estimate of drug-likeness (QED) is 0.736. The molecule has 0 saturated heterocycles. The van der Waals surface area contributed by atoms with Gasteiger partial charge < -0.3 is 9.67 Å². The van der Waals surface area contributed by atoms with Crippen molar-refractivity contribution >= 4 is 0 Å². The standard InChI is InChI=1S/C15H21NO/c1-11-10-13-14(8-5-9-15(13)17)16(11)12-6-3-2-4-7-12/h2-3,10,12,15,17H,4-9H2,1H3. The van der Waals surface area contributed by atoms with Crippen LogP contribution in [0.4, 0.5) is 0 Å². The van der Waals surface area contributed by atoms with E-state index in [1.807, 2.05) is 0 Å². The molecule has 2 heteroatoms. The molecule has 3 rings (SSSR count). The second kappa shape index (κ2) is 4.34. The fraction of sp³-hybridized carbons (Fsp3) is 0.600. The maximum atomic E-state index is 10.1. The Morgan fingerprint density at radius 3 is 2.94 bits per heavy atom. The fourth-order valence-corrected chi connectivity index (χ4v) is 3.42. The molecule has 0 aromatic carbocycles. The second-order valence-corrected chi connectivity index (χ2v) is 5.40. The average molecular weight is 231 g/mol. The first-order chi connectivity index (χ1) is 8.27. The van der Waals surface area contributed by atoms with Gasteiger partial charge in [-0.05, 0) is 51.5 Å². The van der Waals surface area contributed by atoms with Gasteiger partial charge in [-0.3, -0.25) is 0 Å². The molecule has 0 radical (unpaired) electrons. The summed E-state index contributed by atoms with van der Waals surface area (Å²) in [7, 11) is 0. The SMILES string of the molecule is Cc1cc2c(n1C1CC=CCC1)CCCC2O. The maximum absolute atomic E-state index is 10.1. The number of aryl methyl sites for hydroxylation is 1. The Hall–Kier alpha value is -1.02. The van der Waals surface area contributed by atoms with E-state index in [0.29, 0.717) is 6.04 Å². The molecule has 2 atom stereocenters. The van der Waals surface area contributed by atoms with Crippen LogP contribution in [0.15, 0.2) is 18.2 Å². The minimum atomic E-state index is -0.224. The van der Waals surface area contributed by atoms with Crippen molar-refractivity contribution in [2.24, 2.45) is 0 Å². The smallest absolute Gasteiger partial charge is 0.0807 e. The first-order valence-electron chi connectivity index (χ1n) is 6.81. The van der Waals surface area contributed by atoms with Crippen LogP contribution in [0.5, 0.6) is 0 Å². The summed E-state index contributed by atoms with van der Waals surface area (Å²) < 4.78 is 2.50. The van der Waals surface area contributed by atoms with Crippen LogP contribution in [-0.4, -0.2) is 9.67 Å². The van der Waals surface area contributed by atoms with Crippen molar-refractivity contribution in [3.8, 4) is 0 Å². The van der Waals surface area contributed by atoms with Gasteiger partial charge in [0.15, 0.2) is 0 Å². The summed E-state index contributed by atoms with van der Waals surface area (Å²) in [6.45, 7) is 2.18. The van der Waals surface area contributed by atoms with E-state index >= 15 is 0 Å². The first kappa shape index (κ1) is 11.1. The van der Waals surface area contributed by atoms with Gasteiger partial charge >= 0.3 is 0 Å². The zero-order valence-electron chi connectivity index (χ0n) is 10.5. The molecule has 0 aliphatic heterocycles. The Balaban J connectivity index is 2.01. The van der Waals surface area contributed by atoms with Crippen LogP contribution >= 0.6 is 0 Å². The molecule has 0 saturated carbocycles. The molecule has 17 heavy (non-hydrogen) atoms. The summed E-state index contributed by atoms with van der Waals surface area (Å²) in [5.41, 5.74) is 3.93. The largest absolute Gasteiger partial charge is 0.388 e. The van der Waals surface area contributed by atoms with E-state index in [1.54, 1.807) is 0 Å². The van der Waals surface area contributed by atoms with Crippen molar-refractivity contribution < 1.29 is 5.11 Å². The highest BCUT2D eigenvalue weighted by molar-refractivity contribution is 5.32. The van der Waals surface area contributed by atoms with Crippen molar-refractivity contribution in [1.29, 1.82) is 0 Å². The molecular formula is C15H21NO. The molecule has 0 spiro atoms. The van der Waals surface area contributed by atoms with Gasteiger partial charge in [-0.15, -0.1) is 0 Å². The minimum Gasteiger partial charge on any atom is -0.388 e. The number of aliphatic hydroxyl groups excluding tert-OH is 1. The zero-order chi connectivity index (χ0) is 11.8. The molecule has 0 bridgehead atoms. The predicted molar refractivity (Wildman–Crippen MR) is 69.1 cm³/mol. The first-order valence-corrected chi connectivity index (χ1v) is 6.81. The van der Waals surface area contributed by atoms with Crippen molar-refractivity contribution in [2.75, 3.05) is 0 Å². The Labute approximate surface area is 103 Å². The lowest BCUT2D eigenvalue weighted by atomic mass is 9.94. The number of hydrogen-bond donors (Lipinski definition) is 1. The van der Waals surface area contributed by atoms with E-state index in [9.17, 15) is 5.11 Å². The molecule has 2 nitrogen and oxygen atoms in total. The number of aromatic nitrogens is 1. The highest BCUT2D eigenvalue weighted by Crippen LogP contribution is 2.36. The average Bonchev–Trinajstić information content (AvgIpc) is 2.68. The molecule has 1 aromatic rings.